The summed E-state index contributed by atoms with van der Waals surface area (Å²) >= 11 is 0. The van der Waals surface area contributed by atoms with Crippen LogP contribution in [0.25, 0.3) is 0 Å². The molecule has 136 valence electrons. The molecule has 0 spiro atoms. The molecule has 0 N–H and O–H groups in total. The molecule has 0 aromatic heterocycles. The lowest BCUT2D eigenvalue weighted by molar-refractivity contribution is 0.170. The van der Waals surface area contributed by atoms with Crippen molar-refractivity contribution in [3.63, 3.8) is 0 Å². The minimum atomic E-state index is -0.334. The van der Waals surface area contributed by atoms with Crippen LogP contribution in [0.4, 0.5) is 10.1 Å². The number of ether oxygens (including phenoxy) is 1. The zero-order chi connectivity index (χ0) is 18.5. The summed E-state index contributed by atoms with van der Waals surface area (Å²) in [5, 5.41) is 8.85. The summed E-state index contributed by atoms with van der Waals surface area (Å²) in [6.45, 7) is 1.48. The molecular weight excluding hydrogens is 347 g/mol. The molecule has 0 unspecified atom stereocenters. The van der Waals surface area contributed by atoms with Crippen LogP contribution in [0.1, 0.15) is 24.0 Å². The number of halogens is 1. The van der Waals surface area contributed by atoms with Crippen molar-refractivity contribution in [2.24, 2.45) is 0 Å². The first-order valence-electron chi connectivity index (χ1n) is 8.67. The number of rotatable bonds is 5. The van der Waals surface area contributed by atoms with Crippen LogP contribution in [0.3, 0.4) is 0 Å². The quantitative estimate of drug-likeness (QED) is 0.723. The Balaban J connectivity index is 1.55. The molecule has 0 saturated carbocycles. The van der Waals surface area contributed by atoms with Crippen molar-refractivity contribution in [3.8, 4) is 11.8 Å². The average molecular weight is 370 g/mol. The second-order valence-corrected chi connectivity index (χ2v) is 8.50. The molecule has 0 bridgehead atoms. The molecule has 26 heavy (non-hydrogen) atoms. The fourth-order valence-corrected chi connectivity index (χ4v) is 3.95. The van der Waals surface area contributed by atoms with Crippen LogP contribution < -0.4 is 9.64 Å². The fourth-order valence-electron chi connectivity index (χ4n) is 3.19. The first kappa shape index (κ1) is 18.5. The maximum absolute atomic E-state index is 14.2. The fraction of sp³-hybridized carbons (Fsp3) is 0.333. The first-order chi connectivity index (χ1) is 12.5. The number of nitriles is 1. The minimum absolute atomic E-state index is 0.146. The van der Waals surface area contributed by atoms with Gasteiger partial charge >= 0.3 is 0 Å². The maximum atomic E-state index is 14.2. The van der Waals surface area contributed by atoms with Crippen molar-refractivity contribution in [1.29, 1.82) is 5.26 Å². The van der Waals surface area contributed by atoms with Crippen LogP contribution in [0, 0.1) is 17.1 Å². The molecule has 5 heteroatoms. The topological polar surface area (TPSA) is 36.3 Å². The van der Waals surface area contributed by atoms with Crippen LogP contribution in [-0.2, 0) is 5.75 Å². The van der Waals surface area contributed by atoms with Gasteiger partial charge in [0.2, 0.25) is 0 Å². The van der Waals surface area contributed by atoms with E-state index in [-0.39, 0.29) is 22.4 Å². The molecule has 2 aromatic rings. The highest BCUT2D eigenvalue weighted by Crippen LogP contribution is 2.26. The Kier molecular flexibility index (Phi) is 5.95. The average Bonchev–Trinajstić information content (AvgIpc) is 2.63. The van der Waals surface area contributed by atoms with Crippen molar-refractivity contribution < 1.29 is 9.13 Å². The smallest absolute Gasteiger partial charge is 0.147 e. The highest BCUT2D eigenvalue weighted by atomic mass is 32.2. The number of anilines is 1. The van der Waals surface area contributed by atoms with Crippen LogP contribution in [0.2, 0.25) is 0 Å². The summed E-state index contributed by atoms with van der Waals surface area (Å²) < 4.78 is 20.3. The molecule has 0 amide bonds. The molecule has 1 fully saturated rings. The van der Waals surface area contributed by atoms with Gasteiger partial charge < -0.3 is 9.64 Å². The van der Waals surface area contributed by atoms with E-state index in [9.17, 15) is 4.39 Å². The molecule has 1 atom stereocenters. The molecule has 0 radical (unpaired) electrons. The lowest BCUT2D eigenvalue weighted by atomic mass is 10.1. The molecule has 1 heterocycles. The van der Waals surface area contributed by atoms with Gasteiger partial charge in [-0.15, -0.1) is 0 Å². The zero-order valence-electron chi connectivity index (χ0n) is 15.0. The van der Waals surface area contributed by atoms with Gasteiger partial charge in [-0.2, -0.15) is 15.7 Å². The van der Waals surface area contributed by atoms with Crippen molar-refractivity contribution in [2.75, 3.05) is 24.2 Å². The summed E-state index contributed by atoms with van der Waals surface area (Å²) in [7, 11) is 0.149. The monoisotopic (exact) mass is 370 g/mol. The van der Waals surface area contributed by atoms with E-state index in [1.807, 2.05) is 23.1 Å². The summed E-state index contributed by atoms with van der Waals surface area (Å²) in [6, 6.07) is 14.9. The minimum Gasteiger partial charge on any atom is -0.490 e. The van der Waals surface area contributed by atoms with Gasteiger partial charge in [-0.3, -0.25) is 0 Å². The Morgan fingerprint density at radius 3 is 2.50 bits per heavy atom. The van der Waals surface area contributed by atoms with E-state index in [0.29, 0.717) is 11.3 Å². The van der Waals surface area contributed by atoms with E-state index in [0.717, 1.165) is 37.4 Å². The molecule has 3 rings (SSSR count). The van der Waals surface area contributed by atoms with Gasteiger partial charge in [0, 0.05) is 31.7 Å². The van der Waals surface area contributed by atoms with Gasteiger partial charge in [-0.05, 0) is 42.2 Å². The van der Waals surface area contributed by atoms with E-state index in [1.165, 1.54) is 11.6 Å². The second kappa shape index (κ2) is 8.37. The SMILES string of the molecule is C=[S@](C)Cc1ccc(OC2CCN(c3ccc(C#N)cc3F)CC2)cc1. The third-order valence-corrected chi connectivity index (χ3v) is 5.32. The first-order valence-corrected chi connectivity index (χ1v) is 10.6. The molecule has 2 aromatic carbocycles. The molecule has 1 saturated heterocycles. The van der Waals surface area contributed by atoms with Crippen LogP contribution in [0.5, 0.6) is 5.75 Å². The molecule has 1 aliphatic heterocycles. The zero-order valence-corrected chi connectivity index (χ0v) is 15.8. The van der Waals surface area contributed by atoms with Crippen LogP contribution in [0.15, 0.2) is 42.5 Å². The maximum Gasteiger partial charge on any atom is 0.147 e. The van der Waals surface area contributed by atoms with E-state index < -0.39 is 0 Å². The molecule has 3 nitrogen and oxygen atoms in total. The lowest BCUT2D eigenvalue weighted by Gasteiger charge is -2.34. The van der Waals surface area contributed by atoms with E-state index in [2.05, 4.69) is 24.3 Å². The standard InChI is InChI=1S/C21H23FN2OS/c1-26(2)15-16-3-6-18(7-4-16)25-19-9-11-24(12-10-19)21-8-5-17(14-23)13-20(21)22/h3-8,13,19H,1,9-12,15H2,2H3/t26-/m1/s1. The van der Waals surface area contributed by atoms with Gasteiger partial charge in [-0.1, -0.05) is 18.0 Å². The van der Waals surface area contributed by atoms with E-state index >= 15 is 0 Å². The number of benzene rings is 2. The Bertz CT molecular complexity index is 821. The summed E-state index contributed by atoms with van der Waals surface area (Å²) in [6.07, 6.45) is 3.97. The molecule has 0 aliphatic carbocycles. The summed E-state index contributed by atoms with van der Waals surface area (Å²) in [5.41, 5.74) is 2.20. The Labute approximate surface area is 156 Å². The molecular formula is C21H23FN2OS. The van der Waals surface area contributed by atoms with Gasteiger partial charge in [0.15, 0.2) is 0 Å². The van der Waals surface area contributed by atoms with Gasteiger partial charge in [0.1, 0.15) is 17.7 Å². The molecule has 1 aliphatic rings. The Morgan fingerprint density at radius 2 is 1.92 bits per heavy atom. The summed E-state index contributed by atoms with van der Waals surface area (Å²) in [4.78, 5) is 2.02. The van der Waals surface area contributed by atoms with E-state index in [4.69, 9.17) is 10.00 Å². The largest absolute Gasteiger partial charge is 0.490 e. The third-order valence-electron chi connectivity index (χ3n) is 4.50. The van der Waals surface area contributed by atoms with Crippen molar-refractivity contribution >= 4 is 22.0 Å². The number of piperidine rings is 1. The van der Waals surface area contributed by atoms with E-state index in [1.54, 1.807) is 12.1 Å². The number of nitrogens with zero attached hydrogens (tertiary/aromatic N) is 2. The Hall–Kier alpha value is -2.32. The number of hydrogen-bond donors (Lipinski definition) is 0. The van der Waals surface area contributed by atoms with Crippen molar-refractivity contribution in [2.45, 2.75) is 24.7 Å². The number of hydrogen-bond acceptors (Lipinski definition) is 3. The van der Waals surface area contributed by atoms with Crippen molar-refractivity contribution in [1.82, 2.24) is 0 Å². The van der Waals surface area contributed by atoms with Crippen molar-refractivity contribution in [3.05, 3.63) is 59.4 Å². The Morgan fingerprint density at radius 1 is 1.23 bits per heavy atom. The highest BCUT2D eigenvalue weighted by Gasteiger charge is 2.22. The van der Waals surface area contributed by atoms with Gasteiger partial charge in [-0.25, -0.2) is 4.39 Å². The predicted octanol–water partition coefficient (Wildman–Crippen LogP) is 4.58. The van der Waals surface area contributed by atoms with Crippen LogP contribution >= 0.6 is 10.5 Å². The second-order valence-electron chi connectivity index (χ2n) is 6.65. The highest BCUT2D eigenvalue weighted by molar-refractivity contribution is 8.12. The normalized spacial score (nSPS) is 16.1. The lowest BCUT2D eigenvalue weighted by Crippen LogP contribution is -2.38. The van der Waals surface area contributed by atoms with Crippen LogP contribution in [-0.4, -0.2) is 31.3 Å². The predicted molar refractivity (Wildman–Crippen MR) is 108 cm³/mol. The van der Waals surface area contributed by atoms with Gasteiger partial charge in [0.05, 0.1) is 17.3 Å². The third kappa shape index (κ3) is 4.64. The summed E-state index contributed by atoms with van der Waals surface area (Å²) in [5.74, 6) is 5.59. The van der Waals surface area contributed by atoms with Gasteiger partial charge in [0.25, 0.3) is 0 Å².